The molecule has 1 aliphatic rings. The Bertz CT molecular complexity index is 372. The molecule has 0 spiro atoms. The van der Waals surface area contributed by atoms with Crippen LogP contribution in [0.25, 0.3) is 0 Å². The Morgan fingerprint density at radius 2 is 1.88 bits per heavy atom. The fourth-order valence-electron chi connectivity index (χ4n) is 2.71. The van der Waals surface area contributed by atoms with Crippen molar-refractivity contribution in [2.75, 3.05) is 0 Å². The SMILES string of the molecule is NC(CC1CCCCC1)c1ccc(Cl)cc1Cl. The highest BCUT2D eigenvalue weighted by Crippen LogP contribution is 2.33. The van der Waals surface area contributed by atoms with Gasteiger partial charge in [-0.2, -0.15) is 0 Å². The van der Waals surface area contributed by atoms with E-state index >= 15 is 0 Å². The second kappa shape index (κ2) is 6.08. The largest absolute Gasteiger partial charge is 0.324 e. The number of hydrogen-bond donors (Lipinski definition) is 1. The third kappa shape index (κ3) is 3.61. The van der Waals surface area contributed by atoms with Gasteiger partial charge in [-0.15, -0.1) is 0 Å². The first kappa shape index (κ1) is 13.2. The summed E-state index contributed by atoms with van der Waals surface area (Å²) < 4.78 is 0. The number of benzene rings is 1. The third-order valence-electron chi connectivity index (χ3n) is 3.67. The van der Waals surface area contributed by atoms with Gasteiger partial charge in [0.2, 0.25) is 0 Å². The number of halogens is 2. The minimum Gasteiger partial charge on any atom is -0.324 e. The molecule has 1 unspecified atom stereocenters. The van der Waals surface area contributed by atoms with Crippen molar-refractivity contribution >= 4 is 23.2 Å². The summed E-state index contributed by atoms with van der Waals surface area (Å²) in [5.74, 6) is 0.769. The van der Waals surface area contributed by atoms with Crippen LogP contribution in [0.4, 0.5) is 0 Å². The molecule has 1 aromatic rings. The maximum Gasteiger partial charge on any atom is 0.0468 e. The van der Waals surface area contributed by atoms with Crippen molar-refractivity contribution in [2.24, 2.45) is 11.7 Å². The topological polar surface area (TPSA) is 26.0 Å². The molecule has 1 aromatic carbocycles. The van der Waals surface area contributed by atoms with E-state index < -0.39 is 0 Å². The van der Waals surface area contributed by atoms with Crippen LogP contribution < -0.4 is 5.73 Å². The van der Waals surface area contributed by atoms with E-state index in [1.54, 1.807) is 6.07 Å². The maximum absolute atomic E-state index is 6.25. The van der Waals surface area contributed by atoms with Gasteiger partial charge >= 0.3 is 0 Å². The summed E-state index contributed by atoms with van der Waals surface area (Å²) in [6.07, 6.45) is 7.77. The summed E-state index contributed by atoms with van der Waals surface area (Å²) in [5, 5.41) is 1.37. The Balaban J connectivity index is 2.00. The molecule has 0 radical (unpaired) electrons. The average Bonchev–Trinajstić information content (AvgIpc) is 2.30. The second-order valence-corrected chi connectivity index (χ2v) is 5.86. The monoisotopic (exact) mass is 271 g/mol. The van der Waals surface area contributed by atoms with Gasteiger partial charge in [0.1, 0.15) is 0 Å². The van der Waals surface area contributed by atoms with E-state index in [0.717, 1.165) is 17.9 Å². The number of nitrogens with two attached hydrogens (primary N) is 1. The third-order valence-corrected chi connectivity index (χ3v) is 4.24. The van der Waals surface area contributed by atoms with Crippen LogP contribution in [-0.2, 0) is 0 Å². The molecule has 2 N–H and O–H groups in total. The maximum atomic E-state index is 6.25. The van der Waals surface area contributed by atoms with Gasteiger partial charge in [-0.05, 0) is 30.0 Å². The fraction of sp³-hybridized carbons (Fsp3) is 0.571. The van der Waals surface area contributed by atoms with Gasteiger partial charge in [0.05, 0.1) is 0 Å². The lowest BCUT2D eigenvalue weighted by Crippen LogP contribution is -2.17. The van der Waals surface area contributed by atoms with Crippen LogP contribution in [0.2, 0.25) is 10.0 Å². The van der Waals surface area contributed by atoms with Gasteiger partial charge in [0.25, 0.3) is 0 Å². The normalized spacial score (nSPS) is 19.2. The molecule has 1 nitrogen and oxygen atoms in total. The summed E-state index contributed by atoms with van der Waals surface area (Å²) in [4.78, 5) is 0. The number of rotatable bonds is 3. The predicted molar refractivity (Wildman–Crippen MR) is 74.6 cm³/mol. The van der Waals surface area contributed by atoms with Crippen molar-refractivity contribution in [3.8, 4) is 0 Å². The van der Waals surface area contributed by atoms with E-state index in [1.807, 2.05) is 12.1 Å². The van der Waals surface area contributed by atoms with Gasteiger partial charge in [0, 0.05) is 16.1 Å². The van der Waals surface area contributed by atoms with Crippen molar-refractivity contribution in [1.82, 2.24) is 0 Å². The van der Waals surface area contributed by atoms with Crippen molar-refractivity contribution < 1.29 is 0 Å². The lowest BCUT2D eigenvalue weighted by molar-refractivity contribution is 0.319. The highest BCUT2D eigenvalue weighted by molar-refractivity contribution is 6.35. The van der Waals surface area contributed by atoms with E-state index in [4.69, 9.17) is 28.9 Å². The zero-order valence-electron chi connectivity index (χ0n) is 9.96. The van der Waals surface area contributed by atoms with Crippen LogP contribution in [-0.4, -0.2) is 0 Å². The van der Waals surface area contributed by atoms with Crippen LogP contribution >= 0.6 is 23.2 Å². The van der Waals surface area contributed by atoms with Crippen molar-refractivity contribution in [2.45, 2.75) is 44.6 Å². The molecule has 1 aliphatic carbocycles. The van der Waals surface area contributed by atoms with Gasteiger partial charge in [-0.25, -0.2) is 0 Å². The van der Waals surface area contributed by atoms with Crippen LogP contribution in [0, 0.1) is 5.92 Å². The first-order valence-electron chi connectivity index (χ1n) is 6.37. The van der Waals surface area contributed by atoms with Crippen molar-refractivity contribution in [3.05, 3.63) is 33.8 Å². The Morgan fingerprint density at radius 1 is 1.18 bits per heavy atom. The first-order valence-corrected chi connectivity index (χ1v) is 7.13. The highest BCUT2D eigenvalue weighted by atomic mass is 35.5. The first-order chi connectivity index (χ1) is 8.16. The molecule has 17 heavy (non-hydrogen) atoms. The molecular weight excluding hydrogens is 253 g/mol. The van der Waals surface area contributed by atoms with Gasteiger partial charge in [-0.3, -0.25) is 0 Å². The summed E-state index contributed by atoms with van der Waals surface area (Å²) in [6.45, 7) is 0. The quantitative estimate of drug-likeness (QED) is 0.826. The minimum absolute atomic E-state index is 0.0443. The second-order valence-electron chi connectivity index (χ2n) is 5.01. The smallest absolute Gasteiger partial charge is 0.0468 e. The predicted octanol–water partition coefficient (Wildman–Crippen LogP) is 4.96. The van der Waals surface area contributed by atoms with Gasteiger partial charge in [0.15, 0.2) is 0 Å². The van der Waals surface area contributed by atoms with Crippen LogP contribution in [0.3, 0.4) is 0 Å². The van der Waals surface area contributed by atoms with E-state index in [1.165, 1.54) is 32.1 Å². The molecule has 94 valence electrons. The van der Waals surface area contributed by atoms with E-state index in [9.17, 15) is 0 Å². The number of hydrogen-bond acceptors (Lipinski definition) is 1. The molecule has 2 rings (SSSR count). The molecule has 1 fully saturated rings. The van der Waals surface area contributed by atoms with Gasteiger partial charge < -0.3 is 5.73 Å². The lowest BCUT2D eigenvalue weighted by atomic mass is 9.83. The Kier molecular flexibility index (Phi) is 4.72. The van der Waals surface area contributed by atoms with E-state index in [-0.39, 0.29) is 6.04 Å². The molecule has 0 bridgehead atoms. The molecule has 1 saturated carbocycles. The van der Waals surface area contributed by atoms with Crippen LogP contribution in [0.15, 0.2) is 18.2 Å². The molecule has 3 heteroatoms. The zero-order valence-corrected chi connectivity index (χ0v) is 11.5. The molecule has 0 aromatic heterocycles. The minimum atomic E-state index is 0.0443. The fourth-order valence-corrected chi connectivity index (χ4v) is 3.26. The van der Waals surface area contributed by atoms with Crippen LogP contribution in [0.5, 0.6) is 0 Å². The Hall–Kier alpha value is -0.240. The molecule has 0 amide bonds. The summed E-state index contributed by atoms with van der Waals surface area (Å²) in [5.41, 5.74) is 7.28. The van der Waals surface area contributed by atoms with E-state index in [2.05, 4.69) is 0 Å². The molecule has 0 aliphatic heterocycles. The zero-order chi connectivity index (χ0) is 12.3. The lowest BCUT2D eigenvalue weighted by Gasteiger charge is -2.25. The molecule has 0 saturated heterocycles. The highest BCUT2D eigenvalue weighted by Gasteiger charge is 2.19. The van der Waals surface area contributed by atoms with Crippen molar-refractivity contribution in [3.63, 3.8) is 0 Å². The molecular formula is C14H19Cl2N. The van der Waals surface area contributed by atoms with Gasteiger partial charge in [-0.1, -0.05) is 61.4 Å². The van der Waals surface area contributed by atoms with Crippen molar-refractivity contribution in [1.29, 1.82) is 0 Å². The summed E-state index contributed by atoms with van der Waals surface area (Å²) in [7, 11) is 0. The van der Waals surface area contributed by atoms with Crippen LogP contribution in [0.1, 0.15) is 50.1 Å². The molecule has 1 atom stereocenters. The van der Waals surface area contributed by atoms with E-state index in [0.29, 0.717) is 10.0 Å². The summed E-state index contributed by atoms with van der Waals surface area (Å²) in [6, 6.07) is 5.64. The summed E-state index contributed by atoms with van der Waals surface area (Å²) >= 11 is 12.1. The standard InChI is InChI=1S/C14H19Cl2N/c15-11-6-7-12(13(16)9-11)14(17)8-10-4-2-1-3-5-10/h6-7,9-10,14H,1-5,8,17H2. The average molecular weight is 272 g/mol. The Labute approximate surface area is 113 Å². The molecule has 0 heterocycles. The Morgan fingerprint density at radius 3 is 2.53 bits per heavy atom.